The number of esters is 1. The molecule has 0 bridgehead atoms. The third-order valence-corrected chi connectivity index (χ3v) is 3.83. The lowest BCUT2D eigenvalue weighted by molar-refractivity contribution is -0.154. The van der Waals surface area contributed by atoms with Crippen molar-refractivity contribution >= 4 is 12.1 Å². The van der Waals surface area contributed by atoms with E-state index in [1.165, 1.54) is 7.11 Å². The lowest BCUT2D eigenvalue weighted by atomic mass is 9.90. The van der Waals surface area contributed by atoms with Gasteiger partial charge in [-0.25, -0.2) is 9.59 Å². The van der Waals surface area contributed by atoms with Crippen LogP contribution in [0.1, 0.15) is 46.5 Å². The average molecular weight is 269 g/mol. The van der Waals surface area contributed by atoms with Gasteiger partial charge in [-0.15, -0.1) is 0 Å². The first-order chi connectivity index (χ1) is 8.81. The molecule has 2 rings (SSSR count). The van der Waals surface area contributed by atoms with Crippen LogP contribution in [-0.4, -0.2) is 41.8 Å². The maximum atomic E-state index is 12.3. The largest absolute Gasteiger partial charge is 0.467 e. The molecule has 2 fully saturated rings. The van der Waals surface area contributed by atoms with Crippen LogP contribution < -0.4 is 0 Å². The van der Waals surface area contributed by atoms with Crippen LogP contribution in [0.15, 0.2) is 0 Å². The fourth-order valence-corrected chi connectivity index (χ4v) is 2.95. The summed E-state index contributed by atoms with van der Waals surface area (Å²) in [5.41, 5.74) is -1.33. The van der Waals surface area contributed by atoms with Crippen molar-refractivity contribution in [3.05, 3.63) is 0 Å². The summed E-state index contributed by atoms with van der Waals surface area (Å²) in [6.07, 6.45) is 3.07. The quantitative estimate of drug-likeness (QED) is 0.722. The number of nitrogens with zero attached hydrogens (tertiary/aromatic N) is 1. The van der Waals surface area contributed by atoms with Gasteiger partial charge in [0.25, 0.3) is 0 Å². The second kappa shape index (κ2) is 4.69. The summed E-state index contributed by atoms with van der Waals surface area (Å²) in [6, 6.07) is 0. The first kappa shape index (κ1) is 14.2. The van der Waals surface area contributed by atoms with E-state index in [-0.39, 0.29) is 11.9 Å². The van der Waals surface area contributed by atoms with E-state index in [0.717, 1.165) is 19.3 Å². The van der Waals surface area contributed by atoms with E-state index in [4.69, 9.17) is 9.47 Å². The maximum absolute atomic E-state index is 12.3. The number of hydrogen-bond donors (Lipinski definition) is 0. The molecular formula is C14H23NO4. The molecule has 1 saturated carbocycles. The molecule has 2 aliphatic rings. The minimum atomic E-state index is -0.781. The van der Waals surface area contributed by atoms with Crippen molar-refractivity contribution in [2.45, 2.75) is 57.6 Å². The third kappa shape index (κ3) is 2.55. The molecule has 1 amide bonds. The zero-order valence-corrected chi connectivity index (χ0v) is 12.2. The first-order valence-corrected chi connectivity index (χ1v) is 6.90. The molecule has 5 heteroatoms. The van der Waals surface area contributed by atoms with Gasteiger partial charge in [0.1, 0.15) is 11.1 Å². The Bertz CT molecular complexity index is 383. The van der Waals surface area contributed by atoms with Gasteiger partial charge in [-0.3, -0.25) is 4.90 Å². The van der Waals surface area contributed by atoms with E-state index in [1.807, 2.05) is 20.8 Å². The summed E-state index contributed by atoms with van der Waals surface area (Å²) in [6.45, 7) is 6.06. The second-order valence-corrected chi connectivity index (χ2v) is 6.43. The minimum absolute atomic E-state index is 0.231. The van der Waals surface area contributed by atoms with Gasteiger partial charge in [-0.05, 0) is 52.4 Å². The fraction of sp³-hybridized carbons (Fsp3) is 0.857. The second-order valence-electron chi connectivity index (χ2n) is 6.43. The molecule has 0 radical (unpaired) electrons. The summed E-state index contributed by atoms with van der Waals surface area (Å²) in [7, 11) is 1.39. The Morgan fingerprint density at radius 3 is 2.37 bits per heavy atom. The molecule has 1 atom stereocenters. The van der Waals surface area contributed by atoms with E-state index >= 15 is 0 Å². The monoisotopic (exact) mass is 269 g/mol. The van der Waals surface area contributed by atoms with Crippen LogP contribution in [-0.2, 0) is 14.3 Å². The van der Waals surface area contributed by atoms with E-state index in [9.17, 15) is 9.59 Å². The van der Waals surface area contributed by atoms with Gasteiger partial charge in [0.2, 0.25) is 0 Å². The standard InChI is InChI=1S/C14H23NO4/c1-13(2,3)19-12(17)15-9-5-8-14(15,10-6-7-10)11(16)18-4/h10H,5-9H2,1-4H3. The van der Waals surface area contributed by atoms with Crippen molar-refractivity contribution in [1.82, 2.24) is 4.90 Å². The molecule has 108 valence electrons. The Morgan fingerprint density at radius 2 is 1.89 bits per heavy atom. The number of rotatable bonds is 2. The molecule has 1 heterocycles. The molecule has 19 heavy (non-hydrogen) atoms. The van der Waals surface area contributed by atoms with Crippen LogP contribution in [0.3, 0.4) is 0 Å². The number of carbonyl (C=O) groups excluding carboxylic acids is 2. The van der Waals surface area contributed by atoms with Gasteiger partial charge in [-0.1, -0.05) is 0 Å². The van der Waals surface area contributed by atoms with Crippen LogP contribution in [0, 0.1) is 5.92 Å². The number of methoxy groups -OCH3 is 1. The third-order valence-electron chi connectivity index (χ3n) is 3.83. The highest BCUT2D eigenvalue weighted by atomic mass is 16.6. The van der Waals surface area contributed by atoms with Crippen molar-refractivity contribution in [3.8, 4) is 0 Å². The number of ether oxygens (including phenoxy) is 2. The van der Waals surface area contributed by atoms with Gasteiger partial charge >= 0.3 is 12.1 Å². The number of amides is 1. The Hall–Kier alpha value is -1.26. The van der Waals surface area contributed by atoms with Gasteiger partial charge in [0, 0.05) is 6.54 Å². The van der Waals surface area contributed by atoms with E-state index in [1.54, 1.807) is 4.90 Å². The van der Waals surface area contributed by atoms with Crippen LogP contribution >= 0.6 is 0 Å². The van der Waals surface area contributed by atoms with Gasteiger partial charge in [0.15, 0.2) is 0 Å². The van der Waals surface area contributed by atoms with Crippen molar-refractivity contribution in [3.63, 3.8) is 0 Å². The van der Waals surface area contributed by atoms with Gasteiger partial charge < -0.3 is 9.47 Å². The zero-order chi connectivity index (χ0) is 14.3. The van der Waals surface area contributed by atoms with Gasteiger partial charge in [-0.2, -0.15) is 0 Å². The predicted octanol–water partition coefficient (Wildman–Crippen LogP) is 2.34. The number of hydrogen-bond acceptors (Lipinski definition) is 4. The number of carbonyl (C=O) groups is 2. The first-order valence-electron chi connectivity index (χ1n) is 6.90. The Morgan fingerprint density at radius 1 is 1.26 bits per heavy atom. The Balaban J connectivity index is 2.23. The number of likely N-dealkylation sites (tertiary alicyclic amines) is 1. The Labute approximate surface area is 114 Å². The van der Waals surface area contributed by atoms with E-state index < -0.39 is 17.2 Å². The van der Waals surface area contributed by atoms with Crippen LogP contribution in [0.25, 0.3) is 0 Å². The molecule has 1 aliphatic heterocycles. The molecular weight excluding hydrogens is 246 g/mol. The summed E-state index contributed by atoms with van der Waals surface area (Å²) < 4.78 is 10.4. The van der Waals surface area contributed by atoms with Crippen molar-refractivity contribution in [2.75, 3.05) is 13.7 Å². The molecule has 1 aliphatic carbocycles. The van der Waals surface area contributed by atoms with Gasteiger partial charge in [0.05, 0.1) is 7.11 Å². The predicted molar refractivity (Wildman–Crippen MR) is 69.6 cm³/mol. The molecule has 0 spiro atoms. The molecule has 0 aromatic rings. The highest BCUT2D eigenvalue weighted by Crippen LogP contribution is 2.49. The fourth-order valence-electron chi connectivity index (χ4n) is 2.95. The SMILES string of the molecule is COC(=O)C1(C2CC2)CCCN1C(=O)OC(C)(C)C. The summed E-state index contributed by atoms with van der Waals surface area (Å²) in [5, 5.41) is 0. The topological polar surface area (TPSA) is 55.8 Å². The Kier molecular flexibility index (Phi) is 3.49. The summed E-state index contributed by atoms with van der Waals surface area (Å²) in [5.74, 6) is -0.0617. The van der Waals surface area contributed by atoms with Crippen molar-refractivity contribution < 1.29 is 19.1 Å². The summed E-state index contributed by atoms with van der Waals surface area (Å²) in [4.78, 5) is 26.2. The van der Waals surface area contributed by atoms with Crippen molar-refractivity contribution in [2.24, 2.45) is 5.92 Å². The maximum Gasteiger partial charge on any atom is 0.411 e. The average Bonchev–Trinajstić information content (AvgIpc) is 3.05. The highest BCUT2D eigenvalue weighted by molar-refractivity contribution is 5.87. The molecule has 0 N–H and O–H groups in total. The van der Waals surface area contributed by atoms with E-state index in [2.05, 4.69) is 0 Å². The molecule has 0 aromatic heterocycles. The molecule has 1 unspecified atom stereocenters. The molecule has 5 nitrogen and oxygen atoms in total. The van der Waals surface area contributed by atoms with Crippen LogP contribution in [0.4, 0.5) is 4.79 Å². The lowest BCUT2D eigenvalue weighted by Crippen LogP contribution is -2.56. The van der Waals surface area contributed by atoms with Crippen molar-refractivity contribution in [1.29, 1.82) is 0 Å². The highest BCUT2D eigenvalue weighted by Gasteiger charge is 2.60. The van der Waals surface area contributed by atoms with Crippen LogP contribution in [0.2, 0.25) is 0 Å². The molecule has 1 saturated heterocycles. The summed E-state index contributed by atoms with van der Waals surface area (Å²) >= 11 is 0. The van der Waals surface area contributed by atoms with E-state index in [0.29, 0.717) is 13.0 Å². The lowest BCUT2D eigenvalue weighted by Gasteiger charge is -2.37. The van der Waals surface area contributed by atoms with Crippen LogP contribution in [0.5, 0.6) is 0 Å². The normalized spacial score (nSPS) is 27.3. The molecule has 0 aromatic carbocycles. The zero-order valence-electron chi connectivity index (χ0n) is 12.2. The smallest absolute Gasteiger partial charge is 0.411 e. The minimum Gasteiger partial charge on any atom is -0.467 e.